The van der Waals surface area contributed by atoms with Crippen molar-refractivity contribution in [2.45, 2.75) is 6.92 Å². The second-order valence-electron chi connectivity index (χ2n) is 4.01. The molecule has 0 radical (unpaired) electrons. The molecular weight excluding hydrogens is 380 g/mol. The van der Waals surface area contributed by atoms with Crippen LogP contribution in [0.1, 0.15) is 15.9 Å². The van der Waals surface area contributed by atoms with Crippen molar-refractivity contribution in [1.29, 1.82) is 0 Å². The lowest BCUT2D eigenvalue weighted by Gasteiger charge is -2.11. The van der Waals surface area contributed by atoms with E-state index in [1.54, 1.807) is 6.07 Å². The highest BCUT2D eigenvalue weighted by atomic mass is 127. The van der Waals surface area contributed by atoms with Crippen molar-refractivity contribution < 1.29 is 9.18 Å². The van der Waals surface area contributed by atoms with Crippen LogP contribution in [-0.4, -0.2) is 5.91 Å². The van der Waals surface area contributed by atoms with E-state index in [0.717, 1.165) is 5.56 Å². The van der Waals surface area contributed by atoms with E-state index >= 15 is 0 Å². The normalized spacial score (nSPS) is 10.3. The standard InChI is InChI=1S/C14H10ClFINO/c1-8-3-2-4-11(15)13(8)18-14(19)10-6-5-9(16)7-12(10)17/h2-7H,1H3,(H,18,19). The predicted octanol–water partition coefficient (Wildman–Crippen LogP) is 4.64. The molecule has 1 amide bonds. The molecule has 0 spiro atoms. The first-order valence-electron chi connectivity index (χ1n) is 5.50. The molecule has 19 heavy (non-hydrogen) atoms. The molecule has 5 heteroatoms. The molecule has 0 aromatic heterocycles. The summed E-state index contributed by atoms with van der Waals surface area (Å²) in [7, 11) is 0. The quantitative estimate of drug-likeness (QED) is 0.745. The van der Waals surface area contributed by atoms with Crippen molar-refractivity contribution in [2.24, 2.45) is 0 Å². The van der Waals surface area contributed by atoms with E-state index in [0.29, 0.717) is 19.8 Å². The average molecular weight is 390 g/mol. The Morgan fingerprint density at radius 2 is 2.05 bits per heavy atom. The summed E-state index contributed by atoms with van der Waals surface area (Å²) in [5.41, 5.74) is 1.87. The number of halogens is 3. The maximum absolute atomic E-state index is 13.0. The van der Waals surface area contributed by atoms with Gasteiger partial charge in [-0.3, -0.25) is 4.79 Å². The third kappa shape index (κ3) is 3.25. The van der Waals surface area contributed by atoms with Gasteiger partial charge in [0.25, 0.3) is 5.91 Å². The lowest BCUT2D eigenvalue weighted by molar-refractivity contribution is 0.102. The van der Waals surface area contributed by atoms with Crippen LogP contribution in [0.25, 0.3) is 0 Å². The number of para-hydroxylation sites is 1. The molecule has 2 rings (SSSR count). The van der Waals surface area contributed by atoms with Crippen molar-refractivity contribution in [3.05, 3.63) is 61.9 Å². The molecule has 0 saturated carbocycles. The Morgan fingerprint density at radius 1 is 1.32 bits per heavy atom. The zero-order valence-corrected chi connectivity index (χ0v) is 12.9. The van der Waals surface area contributed by atoms with Crippen LogP contribution in [0.2, 0.25) is 5.02 Å². The molecule has 0 saturated heterocycles. The van der Waals surface area contributed by atoms with Gasteiger partial charge in [-0.2, -0.15) is 0 Å². The van der Waals surface area contributed by atoms with Crippen LogP contribution in [0.15, 0.2) is 36.4 Å². The molecule has 2 nitrogen and oxygen atoms in total. The van der Waals surface area contributed by atoms with E-state index in [1.807, 2.05) is 41.6 Å². The summed E-state index contributed by atoms with van der Waals surface area (Å²) in [6.07, 6.45) is 0. The molecule has 0 fully saturated rings. The van der Waals surface area contributed by atoms with Crippen LogP contribution < -0.4 is 5.32 Å². The van der Waals surface area contributed by atoms with Gasteiger partial charge in [-0.1, -0.05) is 23.7 Å². The van der Waals surface area contributed by atoms with Gasteiger partial charge in [0.05, 0.1) is 16.3 Å². The number of amides is 1. The van der Waals surface area contributed by atoms with Crippen molar-refractivity contribution in [2.75, 3.05) is 5.32 Å². The van der Waals surface area contributed by atoms with Gasteiger partial charge < -0.3 is 5.32 Å². The van der Waals surface area contributed by atoms with E-state index in [9.17, 15) is 9.18 Å². The molecule has 0 unspecified atom stereocenters. The molecule has 1 N–H and O–H groups in total. The predicted molar refractivity (Wildman–Crippen MR) is 83.3 cm³/mol. The Balaban J connectivity index is 2.31. The van der Waals surface area contributed by atoms with E-state index in [2.05, 4.69) is 5.32 Å². The minimum atomic E-state index is -0.366. The maximum atomic E-state index is 13.0. The summed E-state index contributed by atoms with van der Waals surface area (Å²) in [6.45, 7) is 1.86. The molecule has 98 valence electrons. The van der Waals surface area contributed by atoms with Crippen LogP contribution in [0, 0.1) is 16.3 Å². The first-order valence-corrected chi connectivity index (χ1v) is 6.96. The fourth-order valence-corrected chi connectivity index (χ4v) is 2.64. The molecule has 0 bridgehead atoms. The zero-order valence-electron chi connectivity index (χ0n) is 10.0. The van der Waals surface area contributed by atoms with Gasteiger partial charge in [0.15, 0.2) is 0 Å². The minimum absolute atomic E-state index is 0.305. The average Bonchev–Trinajstić information content (AvgIpc) is 2.33. The second-order valence-corrected chi connectivity index (χ2v) is 5.58. The second kappa shape index (κ2) is 5.88. The van der Waals surface area contributed by atoms with Crippen LogP contribution in [0.4, 0.5) is 10.1 Å². The number of anilines is 1. The molecule has 0 aliphatic carbocycles. The third-order valence-corrected chi connectivity index (χ3v) is 3.84. The van der Waals surface area contributed by atoms with Gasteiger partial charge in [0.1, 0.15) is 5.82 Å². The highest BCUT2D eigenvalue weighted by Crippen LogP contribution is 2.26. The monoisotopic (exact) mass is 389 g/mol. The summed E-state index contributed by atoms with van der Waals surface area (Å²) in [5, 5.41) is 3.23. The van der Waals surface area contributed by atoms with Crippen LogP contribution in [-0.2, 0) is 0 Å². The molecule has 2 aromatic rings. The maximum Gasteiger partial charge on any atom is 0.256 e. The number of benzene rings is 2. The SMILES string of the molecule is Cc1cccc(Cl)c1NC(=O)c1ccc(F)cc1I. The molecule has 2 aromatic carbocycles. The number of aryl methyl sites for hydroxylation is 1. The van der Waals surface area contributed by atoms with Gasteiger partial charge in [-0.05, 0) is 59.3 Å². The minimum Gasteiger partial charge on any atom is -0.320 e. The highest BCUT2D eigenvalue weighted by Gasteiger charge is 2.13. The highest BCUT2D eigenvalue weighted by molar-refractivity contribution is 14.1. The first-order chi connectivity index (χ1) is 8.99. The number of hydrogen-bond acceptors (Lipinski definition) is 1. The smallest absolute Gasteiger partial charge is 0.256 e. The van der Waals surface area contributed by atoms with E-state index in [-0.39, 0.29) is 11.7 Å². The van der Waals surface area contributed by atoms with E-state index < -0.39 is 0 Å². The number of carbonyl (C=O) groups excluding carboxylic acids is 1. The Kier molecular flexibility index (Phi) is 4.42. The lowest BCUT2D eigenvalue weighted by atomic mass is 10.1. The first kappa shape index (κ1) is 14.3. The summed E-state index contributed by atoms with van der Waals surface area (Å²) < 4.78 is 13.6. The number of carbonyl (C=O) groups is 1. The Bertz CT molecular complexity index is 625. The van der Waals surface area contributed by atoms with Crippen molar-refractivity contribution >= 4 is 45.8 Å². The number of rotatable bonds is 2. The fraction of sp³-hybridized carbons (Fsp3) is 0.0714. The summed E-state index contributed by atoms with van der Waals surface area (Å²) in [6, 6.07) is 9.41. The Hall–Kier alpha value is -1.14. The van der Waals surface area contributed by atoms with Gasteiger partial charge in [-0.15, -0.1) is 0 Å². The topological polar surface area (TPSA) is 29.1 Å². The van der Waals surface area contributed by atoms with Crippen molar-refractivity contribution in [1.82, 2.24) is 0 Å². The van der Waals surface area contributed by atoms with Gasteiger partial charge in [-0.25, -0.2) is 4.39 Å². The third-order valence-electron chi connectivity index (χ3n) is 2.64. The van der Waals surface area contributed by atoms with Crippen LogP contribution >= 0.6 is 34.2 Å². The van der Waals surface area contributed by atoms with Crippen LogP contribution in [0.5, 0.6) is 0 Å². The molecule has 0 heterocycles. The van der Waals surface area contributed by atoms with E-state index in [4.69, 9.17) is 11.6 Å². The number of nitrogens with one attached hydrogen (secondary N) is 1. The molecular formula is C14H10ClFINO. The fourth-order valence-electron chi connectivity index (χ4n) is 1.64. The number of hydrogen-bond donors (Lipinski definition) is 1. The van der Waals surface area contributed by atoms with Crippen molar-refractivity contribution in [3.8, 4) is 0 Å². The summed E-state index contributed by atoms with van der Waals surface area (Å²) >= 11 is 7.98. The van der Waals surface area contributed by atoms with Crippen molar-refractivity contribution in [3.63, 3.8) is 0 Å². The summed E-state index contributed by atoms with van der Waals surface area (Å²) in [5.74, 6) is -0.671. The summed E-state index contributed by atoms with van der Waals surface area (Å²) in [4.78, 5) is 12.2. The zero-order chi connectivity index (χ0) is 14.0. The van der Waals surface area contributed by atoms with Gasteiger partial charge in [0.2, 0.25) is 0 Å². The Morgan fingerprint density at radius 3 is 2.68 bits per heavy atom. The van der Waals surface area contributed by atoms with Gasteiger partial charge >= 0.3 is 0 Å². The molecule has 0 atom stereocenters. The molecule has 0 aliphatic heterocycles. The lowest BCUT2D eigenvalue weighted by Crippen LogP contribution is -2.14. The Labute approximate surface area is 129 Å². The van der Waals surface area contributed by atoms with Gasteiger partial charge in [0, 0.05) is 3.57 Å². The largest absolute Gasteiger partial charge is 0.320 e. The molecule has 0 aliphatic rings. The van der Waals surface area contributed by atoms with E-state index in [1.165, 1.54) is 18.2 Å². The van der Waals surface area contributed by atoms with Crippen LogP contribution in [0.3, 0.4) is 0 Å².